The van der Waals surface area contributed by atoms with E-state index in [1.54, 1.807) is 6.07 Å². The maximum absolute atomic E-state index is 10.5. The molecule has 1 atom stereocenters. The third kappa shape index (κ3) is 3.41. The van der Waals surface area contributed by atoms with Gasteiger partial charge in [0.05, 0.1) is 4.92 Å². The van der Waals surface area contributed by atoms with E-state index in [0.717, 1.165) is 18.2 Å². The quantitative estimate of drug-likeness (QED) is 0.608. The first kappa shape index (κ1) is 11.8. The van der Waals surface area contributed by atoms with Crippen molar-refractivity contribution in [3.8, 4) is 0 Å². The SMILES string of the molecule is CCC(CC1CC1)Nc1ccc([N+](=O)[O-])cn1. The minimum atomic E-state index is -0.432. The molecule has 0 amide bonds. The van der Waals surface area contributed by atoms with Gasteiger partial charge in [-0.1, -0.05) is 19.8 Å². The molecule has 0 radical (unpaired) electrons. The summed E-state index contributed by atoms with van der Waals surface area (Å²) in [5.41, 5.74) is 0.0331. The van der Waals surface area contributed by atoms with Gasteiger partial charge in [0.15, 0.2) is 0 Å². The molecule has 1 unspecified atom stereocenters. The van der Waals surface area contributed by atoms with E-state index in [-0.39, 0.29) is 5.69 Å². The third-order valence-corrected chi connectivity index (χ3v) is 3.12. The molecule has 0 bridgehead atoms. The van der Waals surface area contributed by atoms with E-state index in [1.165, 1.54) is 31.5 Å². The molecule has 1 saturated carbocycles. The molecular formula is C12H17N3O2. The molecule has 17 heavy (non-hydrogen) atoms. The Bertz CT molecular complexity index is 387. The smallest absolute Gasteiger partial charge is 0.287 e. The van der Waals surface area contributed by atoms with Gasteiger partial charge in [0.2, 0.25) is 0 Å². The number of rotatable bonds is 6. The standard InChI is InChI=1S/C12H17N3O2/c1-2-10(7-9-3-4-9)14-12-6-5-11(8-13-12)15(16)17/h5-6,8-10H,2-4,7H2,1H3,(H,13,14). The molecule has 1 aliphatic rings. The highest BCUT2D eigenvalue weighted by Crippen LogP contribution is 2.34. The maximum atomic E-state index is 10.5. The van der Waals surface area contributed by atoms with Crippen molar-refractivity contribution in [3.05, 3.63) is 28.4 Å². The number of hydrogen-bond acceptors (Lipinski definition) is 4. The van der Waals surface area contributed by atoms with Crippen LogP contribution in [0.4, 0.5) is 11.5 Å². The number of hydrogen-bond donors (Lipinski definition) is 1. The summed E-state index contributed by atoms with van der Waals surface area (Å²) < 4.78 is 0. The number of nitrogens with zero attached hydrogens (tertiary/aromatic N) is 2. The van der Waals surface area contributed by atoms with E-state index >= 15 is 0 Å². The Morgan fingerprint density at radius 2 is 2.35 bits per heavy atom. The van der Waals surface area contributed by atoms with Gasteiger partial charge in [-0.3, -0.25) is 10.1 Å². The molecule has 1 aromatic heterocycles. The Labute approximate surface area is 100 Å². The van der Waals surface area contributed by atoms with Gasteiger partial charge in [0, 0.05) is 12.1 Å². The van der Waals surface area contributed by atoms with Gasteiger partial charge in [-0.25, -0.2) is 4.98 Å². The van der Waals surface area contributed by atoms with Gasteiger partial charge in [-0.15, -0.1) is 0 Å². The van der Waals surface area contributed by atoms with E-state index in [1.807, 2.05) is 0 Å². The highest BCUT2D eigenvalue weighted by Gasteiger charge is 2.24. The Balaban J connectivity index is 1.94. The van der Waals surface area contributed by atoms with Crippen LogP contribution in [0, 0.1) is 16.0 Å². The number of nitro groups is 1. The average molecular weight is 235 g/mol. The minimum Gasteiger partial charge on any atom is -0.367 e. The monoisotopic (exact) mass is 235 g/mol. The Morgan fingerprint density at radius 3 is 2.82 bits per heavy atom. The van der Waals surface area contributed by atoms with Gasteiger partial charge in [-0.2, -0.15) is 0 Å². The second-order valence-electron chi connectivity index (χ2n) is 4.59. The van der Waals surface area contributed by atoms with Crippen molar-refractivity contribution in [2.24, 2.45) is 5.92 Å². The Morgan fingerprint density at radius 1 is 1.59 bits per heavy atom. The second kappa shape index (κ2) is 5.12. The topological polar surface area (TPSA) is 68.1 Å². The van der Waals surface area contributed by atoms with Crippen molar-refractivity contribution in [2.45, 2.75) is 38.6 Å². The van der Waals surface area contributed by atoms with Crippen LogP contribution in [0.2, 0.25) is 0 Å². The summed E-state index contributed by atoms with van der Waals surface area (Å²) in [6, 6.07) is 3.59. The fourth-order valence-corrected chi connectivity index (χ4v) is 1.87. The molecule has 1 fully saturated rings. The van der Waals surface area contributed by atoms with Crippen LogP contribution in [-0.4, -0.2) is 15.9 Å². The molecule has 0 saturated heterocycles. The Hall–Kier alpha value is -1.65. The molecule has 1 N–H and O–H groups in total. The summed E-state index contributed by atoms with van der Waals surface area (Å²) in [6.45, 7) is 2.14. The van der Waals surface area contributed by atoms with Crippen molar-refractivity contribution in [1.29, 1.82) is 0 Å². The van der Waals surface area contributed by atoms with E-state index in [0.29, 0.717) is 6.04 Å². The molecule has 1 aliphatic carbocycles. The van der Waals surface area contributed by atoms with E-state index in [9.17, 15) is 10.1 Å². The first-order chi connectivity index (χ1) is 8.19. The van der Waals surface area contributed by atoms with Crippen molar-refractivity contribution >= 4 is 11.5 Å². The van der Waals surface area contributed by atoms with E-state index in [4.69, 9.17) is 0 Å². The molecule has 0 spiro atoms. The maximum Gasteiger partial charge on any atom is 0.287 e. The van der Waals surface area contributed by atoms with Crippen LogP contribution in [0.3, 0.4) is 0 Å². The first-order valence-electron chi connectivity index (χ1n) is 6.06. The van der Waals surface area contributed by atoms with Crippen LogP contribution in [0.1, 0.15) is 32.6 Å². The second-order valence-corrected chi connectivity index (χ2v) is 4.59. The molecule has 92 valence electrons. The summed E-state index contributed by atoms with van der Waals surface area (Å²) in [5.74, 6) is 1.59. The molecule has 2 rings (SSSR count). The summed E-state index contributed by atoms with van der Waals surface area (Å²) in [7, 11) is 0. The molecule has 5 nitrogen and oxygen atoms in total. The van der Waals surface area contributed by atoms with Crippen LogP contribution >= 0.6 is 0 Å². The van der Waals surface area contributed by atoms with Crippen LogP contribution < -0.4 is 5.32 Å². The van der Waals surface area contributed by atoms with Gasteiger partial charge in [0.25, 0.3) is 5.69 Å². The average Bonchev–Trinajstić information content (AvgIpc) is 3.13. The minimum absolute atomic E-state index is 0.0331. The van der Waals surface area contributed by atoms with Crippen molar-refractivity contribution in [1.82, 2.24) is 4.98 Å². The number of anilines is 1. The highest BCUT2D eigenvalue weighted by atomic mass is 16.6. The van der Waals surface area contributed by atoms with Crippen molar-refractivity contribution in [3.63, 3.8) is 0 Å². The van der Waals surface area contributed by atoms with Crippen LogP contribution in [0.25, 0.3) is 0 Å². The zero-order valence-electron chi connectivity index (χ0n) is 9.93. The summed E-state index contributed by atoms with van der Waals surface area (Å²) in [6.07, 6.45) is 6.20. The lowest BCUT2D eigenvalue weighted by atomic mass is 10.1. The van der Waals surface area contributed by atoms with Crippen LogP contribution in [0.15, 0.2) is 18.3 Å². The van der Waals surface area contributed by atoms with Gasteiger partial charge >= 0.3 is 0 Å². The van der Waals surface area contributed by atoms with Crippen molar-refractivity contribution in [2.75, 3.05) is 5.32 Å². The number of pyridine rings is 1. The largest absolute Gasteiger partial charge is 0.367 e. The highest BCUT2D eigenvalue weighted by molar-refractivity contribution is 5.40. The predicted molar refractivity (Wildman–Crippen MR) is 65.9 cm³/mol. The molecule has 1 heterocycles. The molecular weight excluding hydrogens is 218 g/mol. The lowest BCUT2D eigenvalue weighted by Crippen LogP contribution is -2.19. The van der Waals surface area contributed by atoms with Crippen LogP contribution in [0.5, 0.6) is 0 Å². The molecule has 0 aromatic carbocycles. The number of aromatic nitrogens is 1. The third-order valence-electron chi connectivity index (χ3n) is 3.12. The fraction of sp³-hybridized carbons (Fsp3) is 0.583. The first-order valence-corrected chi connectivity index (χ1v) is 6.06. The molecule has 0 aliphatic heterocycles. The van der Waals surface area contributed by atoms with E-state index < -0.39 is 4.92 Å². The van der Waals surface area contributed by atoms with Gasteiger partial charge in [0.1, 0.15) is 12.0 Å². The lowest BCUT2D eigenvalue weighted by Gasteiger charge is -2.16. The predicted octanol–water partition coefficient (Wildman–Crippen LogP) is 2.98. The summed E-state index contributed by atoms with van der Waals surface area (Å²) in [5, 5.41) is 13.8. The van der Waals surface area contributed by atoms with Crippen LogP contribution in [-0.2, 0) is 0 Å². The van der Waals surface area contributed by atoms with Gasteiger partial charge < -0.3 is 5.32 Å². The molecule has 5 heteroatoms. The lowest BCUT2D eigenvalue weighted by molar-refractivity contribution is -0.385. The fourth-order valence-electron chi connectivity index (χ4n) is 1.87. The summed E-state index contributed by atoms with van der Waals surface area (Å²) >= 11 is 0. The zero-order valence-corrected chi connectivity index (χ0v) is 9.93. The summed E-state index contributed by atoms with van der Waals surface area (Å²) in [4.78, 5) is 14.1. The van der Waals surface area contributed by atoms with Gasteiger partial charge in [-0.05, 0) is 24.8 Å². The number of nitrogens with one attached hydrogen (secondary N) is 1. The van der Waals surface area contributed by atoms with E-state index in [2.05, 4.69) is 17.2 Å². The normalized spacial score (nSPS) is 16.5. The Kier molecular flexibility index (Phi) is 3.56. The van der Waals surface area contributed by atoms with Crippen molar-refractivity contribution < 1.29 is 4.92 Å². The zero-order chi connectivity index (χ0) is 12.3. The molecule has 1 aromatic rings.